The second kappa shape index (κ2) is 9.67. The molecule has 28 heavy (non-hydrogen) atoms. The van der Waals surface area contributed by atoms with Crippen molar-refractivity contribution in [2.24, 2.45) is 5.73 Å². The van der Waals surface area contributed by atoms with Crippen molar-refractivity contribution in [2.45, 2.75) is 20.9 Å². The zero-order chi connectivity index (χ0) is 18.7. The summed E-state index contributed by atoms with van der Waals surface area (Å²) in [4.78, 5) is 25.5. The minimum absolute atomic E-state index is 0. The number of amides is 1. The summed E-state index contributed by atoms with van der Waals surface area (Å²) in [6, 6.07) is 8.68. The number of carboxylic acid groups (broad SMARTS) is 1. The number of aromatic nitrogens is 3. The van der Waals surface area contributed by atoms with Gasteiger partial charge in [0.25, 0.3) is 5.91 Å². The molecule has 10 heteroatoms. The van der Waals surface area contributed by atoms with Crippen LogP contribution < -0.4 is 15.8 Å². The predicted octanol–water partition coefficient (Wildman–Crippen LogP) is 2.27. The number of anilines is 1. The molecule has 4 rings (SSSR count). The Morgan fingerprint density at radius 1 is 1.36 bits per heavy atom. The highest BCUT2D eigenvalue weighted by Crippen LogP contribution is 2.28. The predicted molar refractivity (Wildman–Crippen MR) is 107 cm³/mol. The summed E-state index contributed by atoms with van der Waals surface area (Å²) in [5, 5.41) is 15.4. The van der Waals surface area contributed by atoms with Crippen molar-refractivity contribution in [1.29, 1.82) is 0 Å². The average molecular weight is 408 g/mol. The first-order valence-corrected chi connectivity index (χ1v) is 7.78. The van der Waals surface area contributed by atoms with Gasteiger partial charge in [-0.05, 0) is 30.7 Å². The molecule has 0 saturated heterocycles. The number of carbonyl (C=O) groups excluding carboxylic acids is 1. The van der Waals surface area contributed by atoms with Crippen LogP contribution in [0.15, 0.2) is 36.5 Å². The molecule has 2 aromatic heterocycles. The summed E-state index contributed by atoms with van der Waals surface area (Å²) in [5.74, 6) is -0.440. The first-order chi connectivity index (χ1) is 12.5. The van der Waals surface area contributed by atoms with Crippen molar-refractivity contribution in [3.8, 4) is 5.75 Å². The third kappa shape index (κ3) is 4.96. The number of rotatable bonds is 2. The lowest BCUT2D eigenvalue weighted by molar-refractivity contribution is -0.118. The molecule has 3 heterocycles. The van der Waals surface area contributed by atoms with Crippen LogP contribution in [0.5, 0.6) is 5.75 Å². The van der Waals surface area contributed by atoms with Crippen LogP contribution >= 0.6 is 12.4 Å². The number of benzene rings is 1. The van der Waals surface area contributed by atoms with Crippen molar-refractivity contribution in [3.63, 3.8) is 0 Å². The lowest BCUT2D eigenvalue weighted by Gasteiger charge is -2.18. The number of nitrogens with two attached hydrogens (primary N) is 1. The quantitative estimate of drug-likeness (QED) is 0.593. The van der Waals surface area contributed by atoms with Gasteiger partial charge in [-0.15, -0.1) is 12.4 Å². The van der Waals surface area contributed by atoms with E-state index in [9.17, 15) is 9.59 Å². The third-order valence-electron chi connectivity index (χ3n) is 3.67. The van der Waals surface area contributed by atoms with Crippen molar-refractivity contribution in [3.05, 3.63) is 53.5 Å². The molecular weight excluding hydrogens is 386 g/mol. The zero-order valence-corrected chi connectivity index (χ0v) is 15.2. The Morgan fingerprint density at radius 2 is 2.11 bits per heavy atom. The van der Waals surface area contributed by atoms with Gasteiger partial charge in [0.1, 0.15) is 5.75 Å². The molecule has 1 amide bonds. The van der Waals surface area contributed by atoms with Gasteiger partial charge in [-0.25, -0.2) is 14.3 Å². The van der Waals surface area contributed by atoms with E-state index >= 15 is 0 Å². The van der Waals surface area contributed by atoms with Gasteiger partial charge in [-0.2, -0.15) is 5.10 Å². The smallest absolute Gasteiger partial charge is 0.354 e. The van der Waals surface area contributed by atoms with E-state index in [4.69, 9.17) is 15.6 Å². The molecule has 0 aliphatic carbocycles. The molecule has 0 radical (unpaired) electrons. The second-order valence-electron chi connectivity index (χ2n) is 5.56. The average Bonchev–Trinajstić information content (AvgIpc) is 3.10. The third-order valence-corrected chi connectivity index (χ3v) is 3.67. The lowest BCUT2D eigenvalue weighted by atomic mass is 10.1. The van der Waals surface area contributed by atoms with Crippen LogP contribution in [0.25, 0.3) is 5.65 Å². The maximum Gasteiger partial charge on any atom is 0.354 e. The highest BCUT2D eigenvalue weighted by atomic mass is 35.5. The molecular formula is C18H22ClN5O4. The summed E-state index contributed by atoms with van der Waals surface area (Å²) in [7, 11) is 0. The molecule has 0 fully saturated rings. The number of ether oxygens (including phenoxy) is 1. The number of hydrogen-bond donors (Lipinski definition) is 3. The molecule has 150 valence electrons. The van der Waals surface area contributed by atoms with Crippen LogP contribution in [-0.2, 0) is 11.3 Å². The van der Waals surface area contributed by atoms with Gasteiger partial charge in [0.05, 0.1) is 11.9 Å². The molecule has 3 aromatic rings. The Labute approximate surface area is 167 Å². The summed E-state index contributed by atoms with van der Waals surface area (Å²) >= 11 is 0. The van der Waals surface area contributed by atoms with E-state index in [1.54, 1.807) is 23.7 Å². The number of carboxylic acids is 1. The fourth-order valence-electron chi connectivity index (χ4n) is 2.43. The normalized spacial score (nSPS) is 11.6. The van der Waals surface area contributed by atoms with Crippen molar-refractivity contribution in [2.75, 3.05) is 11.9 Å². The highest BCUT2D eigenvalue weighted by Gasteiger charge is 2.15. The van der Waals surface area contributed by atoms with Gasteiger partial charge in [0, 0.05) is 18.3 Å². The van der Waals surface area contributed by atoms with Crippen LogP contribution in [-0.4, -0.2) is 38.2 Å². The van der Waals surface area contributed by atoms with Crippen molar-refractivity contribution < 1.29 is 19.4 Å². The second-order valence-corrected chi connectivity index (χ2v) is 5.56. The monoisotopic (exact) mass is 407 g/mol. The molecule has 1 aromatic carbocycles. The van der Waals surface area contributed by atoms with E-state index in [1.165, 1.54) is 6.07 Å². The van der Waals surface area contributed by atoms with Crippen LogP contribution in [0, 0.1) is 6.92 Å². The Bertz CT molecular complexity index is 989. The number of fused-ring (bicyclic) bond motifs is 2. The molecule has 0 atom stereocenters. The zero-order valence-electron chi connectivity index (χ0n) is 14.4. The number of carbonyl (C=O) groups is 2. The number of nitrogens with one attached hydrogen (secondary N) is 1. The van der Waals surface area contributed by atoms with Gasteiger partial charge in [-0.3, -0.25) is 4.79 Å². The van der Waals surface area contributed by atoms with E-state index in [-0.39, 0.29) is 38.0 Å². The van der Waals surface area contributed by atoms with Crippen molar-refractivity contribution >= 4 is 35.6 Å². The Kier molecular flexibility index (Phi) is 7.90. The van der Waals surface area contributed by atoms with Gasteiger partial charge >= 0.3 is 5.97 Å². The fourth-order valence-corrected chi connectivity index (χ4v) is 2.43. The number of nitrogens with zero attached hydrogens (tertiary/aromatic N) is 3. The summed E-state index contributed by atoms with van der Waals surface area (Å²) < 4.78 is 6.77. The number of aromatic carboxylic acids is 1. The lowest BCUT2D eigenvalue weighted by Crippen LogP contribution is -2.25. The minimum atomic E-state index is -1.02. The van der Waals surface area contributed by atoms with Gasteiger partial charge in [-0.1, -0.05) is 13.5 Å². The number of hydrogen-bond acceptors (Lipinski definition) is 6. The topological polar surface area (TPSA) is 132 Å². The number of halogens is 1. The van der Waals surface area contributed by atoms with Gasteiger partial charge < -0.3 is 20.9 Å². The van der Waals surface area contributed by atoms with Crippen LogP contribution in [0.4, 0.5) is 5.69 Å². The van der Waals surface area contributed by atoms with E-state index in [0.717, 1.165) is 11.3 Å². The van der Waals surface area contributed by atoms with Gasteiger partial charge in [0.15, 0.2) is 17.9 Å². The minimum Gasteiger partial charge on any atom is -0.482 e. The highest BCUT2D eigenvalue weighted by molar-refractivity contribution is 5.95. The molecule has 0 bridgehead atoms. The van der Waals surface area contributed by atoms with Crippen LogP contribution in [0.1, 0.15) is 29.2 Å². The van der Waals surface area contributed by atoms with E-state index < -0.39 is 5.97 Å². The molecule has 0 unspecified atom stereocenters. The molecule has 0 spiro atoms. The molecule has 4 N–H and O–H groups in total. The van der Waals surface area contributed by atoms with Crippen LogP contribution in [0.2, 0.25) is 0 Å². The molecule has 1 aliphatic heterocycles. The SMILES string of the molecule is C.Cc1cc(C(=O)O)nc2ccnn12.Cl.NCc1ccc2c(c1)NC(=O)CO2. The Hall–Kier alpha value is -3.17. The van der Waals surface area contributed by atoms with Crippen LogP contribution in [0.3, 0.4) is 0 Å². The fraction of sp³-hybridized carbons (Fsp3) is 0.222. The molecule has 0 saturated carbocycles. The van der Waals surface area contributed by atoms with Gasteiger partial charge in [0.2, 0.25) is 0 Å². The Morgan fingerprint density at radius 3 is 2.79 bits per heavy atom. The maximum atomic E-state index is 11.0. The molecule has 1 aliphatic rings. The Balaban J connectivity index is 0.000000261. The first-order valence-electron chi connectivity index (χ1n) is 7.78. The summed E-state index contributed by atoms with van der Waals surface area (Å²) in [6.45, 7) is 2.34. The van der Waals surface area contributed by atoms with E-state index in [0.29, 0.717) is 23.6 Å². The van der Waals surface area contributed by atoms with Crippen molar-refractivity contribution in [1.82, 2.24) is 14.6 Å². The standard InChI is InChI=1S/C9H10N2O2.C8H7N3O2.CH4.ClH/c10-4-6-1-2-8-7(3-6)11-9(12)5-13-8;1-5-4-6(8(12)13)10-7-2-3-9-11(5)7;;/h1-3H,4-5,10H2,(H,11,12);2-4H,1H3,(H,12,13);1H4;1H. The summed E-state index contributed by atoms with van der Waals surface area (Å²) in [6.07, 6.45) is 1.58. The first kappa shape index (κ1) is 22.9. The molecule has 9 nitrogen and oxygen atoms in total. The largest absolute Gasteiger partial charge is 0.482 e. The van der Waals surface area contributed by atoms with E-state index in [2.05, 4.69) is 15.4 Å². The summed E-state index contributed by atoms with van der Waals surface area (Å²) in [5.41, 5.74) is 8.50. The van der Waals surface area contributed by atoms with E-state index in [1.807, 2.05) is 18.2 Å². The number of aryl methyl sites for hydroxylation is 1. The maximum absolute atomic E-state index is 11.0.